The van der Waals surface area contributed by atoms with Crippen LogP contribution in [0.2, 0.25) is 5.02 Å². The minimum absolute atomic E-state index is 0.113. The Kier molecular flexibility index (Phi) is 3.71. The van der Waals surface area contributed by atoms with Crippen molar-refractivity contribution in [2.45, 2.75) is 24.9 Å². The third-order valence-corrected chi connectivity index (χ3v) is 2.95. The number of halogens is 3. The van der Waals surface area contributed by atoms with Crippen molar-refractivity contribution in [1.29, 1.82) is 0 Å². The van der Waals surface area contributed by atoms with Gasteiger partial charge in [0.05, 0.1) is 0 Å². The largest absolute Gasteiger partial charge is 0.478 e. The van der Waals surface area contributed by atoms with Gasteiger partial charge < -0.3 is 9.84 Å². The molecule has 1 aliphatic carbocycles. The van der Waals surface area contributed by atoms with E-state index in [1.54, 1.807) is 0 Å². The second-order valence-corrected chi connectivity index (χ2v) is 4.62. The first-order valence-electron chi connectivity index (χ1n) is 5.47. The summed E-state index contributed by atoms with van der Waals surface area (Å²) in [4.78, 5) is 10.7. The van der Waals surface area contributed by atoms with E-state index in [-0.39, 0.29) is 16.7 Å². The summed E-state index contributed by atoms with van der Waals surface area (Å²) in [5.74, 6) is -2.31. The topological polar surface area (TPSA) is 46.5 Å². The molecule has 1 aliphatic rings. The average Bonchev–Trinajstić information content (AvgIpc) is 3.10. The van der Waals surface area contributed by atoms with Gasteiger partial charge in [-0.15, -0.1) is 0 Å². The Morgan fingerprint density at radius 1 is 1.56 bits per heavy atom. The summed E-state index contributed by atoms with van der Waals surface area (Å²) in [6.45, 7) is -1.22. The lowest BCUT2D eigenvalue weighted by molar-refractivity contribution is -0.145. The van der Waals surface area contributed by atoms with Gasteiger partial charge in [0.1, 0.15) is 6.67 Å². The highest BCUT2D eigenvalue weighted by molar-refractivity contribution is 6.30. The van der Waals surface area contributed by atoms with Crippen molar-refractivity contribution in [2.24, 2.45) is 0 Å². The quantitative estimate of drug-likeness (QED) is 0.898. The predicted molar refractivity (Wildman–Crippen MR) is 61.4 cm³/mol. The van der Waals surface area contributed by atoms with Gasteiger partial charge >= 0.3 is 5.97 Å². The van der Waals surface area contributed by atoms with Crippen molar-refractivity contribution in [3.63, 3.8) is 0 Å². The lowest BCUT2D eigenvalue weighted by Gasteiger charge is -2.16. The highest BCUT2D eigenvalue weighted by Crippen LogP contribution is 2.46. The normalized spacial score (nSPS) is 16.4. The molecule has 0 radical (unpaired) electrons. The number of carboxylic acids is 1. The van der Waals surface area contributed by atoms with Gasteiger partial charge in [0.15, 0.2) is 11.6 Å². The van der Waals surface area contributed by atoms with Crippen LogP contribution in [0.3, 0.4) is 0 Å². The molecule has 0 amide bonds. The Morgan fingerprint density at radius 2 is 2.22 bits per heavy atom. The molecule has 1 N–H and O–H groups in total. The molecule has 1 atom stereocenters. The van der Waals surface area contributed by atoms with Crippen LogP contribution in [-0.2, 0) is 4.79 Å². The Hall–Kier alpha value is -1.36. The Bertz CT molecular complexity index is 475. The molecule has 0 bridgehead atoms. The summed E-state index contributed by atoms with van der Waals surface area (Å²) in [5, 5.41) is 8.93. The second kappa shape index (κ2) is 5.10. The zero-order valence-corrected chi connectivity index (χ0v) is 10.1. The van der Waals surface area contributed by atoms with Gasteiger partial charge in [-0.05, 0) is 30.9 Å². The number of hydrogen-bond donors (Lipinski definition) is 1. The second-order valence-electron chi connectivity index (χ2n) is 4.18. The third-order valence-electron chi connectivity index (χ3n) is 2.73. The van der Waals surface area contributed by atoms with E-state index in [0.29, 0.717) is 5.56 Å². The average molecular weight is 277 g/mol. The van der Waals surface area contributed by atoms with Crippen molar-refractivity contribution in [1.82, 2.24) is 0 Å². The van der Waals surface area contributed by atoms with Crippen molar-refractivity contribution < 1.29 is 23.4 Å². The first-order valence-corrected chi connectivity index (χ1v) is 5.85. The maximum Gasteiger partial charge on any atom is 0.347 e. The maximum absolute atomic E-state index is 13.7. The number of alkyl halides is 1. The Morgan fingerprint density at radius 3 is 2.72 bits per heavy atom. The van der Waals surface area contributed by atoms with E-state index < -0.39 is 24.6 Å². The SMILES string of the molecule is O=C(O)[C@H](CF)Oc1c(F)cc(Cl)cc1C1CC1. The lowest BCUT2D eigenvalue weighted by Crippen LogP contribution is -2.29. The molecule has 0 unspecified atom stereocenters. The number of ether oxygens (including phenoxy) is 1. The van der Waals surface area contributed by atoms with Crippen LogP contribution in [0.5, 0.6) is 5.75 Å². The molecule has 98 valence electrons. The monoisotopic (exact) mass is 276 g/mol. The molecule has 6 heteroatoms. The van der Waals surface area contributed by atoms with Crippen molar-refractivity contribution in [3.05, 3.63) is 28.5 Å². The van der Waals surface area contributed by atoms with Crippen LogP contribution in [0.25, 0.3) is 0 Å². The van der Waals surface area contributed by atoms with Crippen LogP contribution in [0.4, 0.5) is 8.78 Å². The number of hydrogen-bond acceptors (Lipinski definition) is 2. The predicted octanol–water partition coefficient (Wildman–Crippen LogP) is 3.16. The molecule has 2 rings (SSSR count). The van der Waals surface area contributed by atoms with Gasteiger partial charge in [-0.25, -0.2) is 13.6 Å². The smallest absolute Gasteiger partial charge is 0.347 e. The summed E-state index contributed by atoms with van der Waals surface area (Å²) < 4.78 is 31.2. The van der Waals surface area contributed by atoms with Crippen molar-refractivity contribution in [2.75, 3.05) is 6.67 Å². The van der Waals surface area contributed by atoms with E-state index in [4.69, 9.17) is 21.4 Å². The fourth-order valence-electron chi connectivity index (χ4n) is 1.69. The lowest BCUT2D eigenvalue weighted by atomic mass is 10.1. The van der Waals surface area contributed by atoms with Crippen LogP contribution in [0.1, 0.15) is 24.3 Å². The molecule has 18 heavy (non-hydrogen) atoms. The molecular weight excluding hydrogens is 266 g/mol. The van der Waals surface area contributed by atoms with Crippen LogP contribution >= 0.6 is 11.6 Å². The van der Waals surface area contributed by atoms with Crippen LogP contribution in [0.15, 0.2) is 12.1 Å². The minimum atomic E-state index is -1.70. The first-order chi connectivity index (χ1) is 8.52. The van der Waals surface area contributed by atoms with E-state index in [0.717, 1.165) is 18.9 Å². The molecule has 1 aromatic carbocycles. The van der Waals surface area contributed by atoms with Gasteiger partial charge in [-0.1, -0.05) is 11.6 Å². The molecule has 3 nitrogen and oxygen atoms in total. The molecule has 0 aliphatic heterocycles. The highest BCUT2D eigenvalue weighted by Gasteiger charge is 2.31. The van der Waals surface area contributed by atoms with Crippen LogP contribution in [0, 0.1) is 5.82 Å². The standard InChI is InChI=1S/C12H11ClF2O3/c13-7-3-8(6-1-2-6)11(9(15)4-7)18-10(5-14)12(16)17/h3-4,6,10H,1-2,5H2,(H,16,17)/t10-/m0/s1. The number of benzene rings is 1. The van der Waals surface area contributed by atoms with Gasteiger partial charge in [0.2, 0.25) is 6.10 Å². The summed E-state index contributed by atoms with van der Waals surface area (Å²) in [6.07, 6.45) is 0.0330. The van der Waals surface area contributed by atoms with Crippen LogP contribution < -0.4 is 4.74 Å². The summed E-state index contributed by atoms with van der Waals surface area (Å²) in [6, 6.07) is 2.56. The molecule has 1 fully saturated rings. The molecule has 1 saturated carbocycles. The molecule has 0 aromatic heterocycles. The van der Waals surface area contributed by atoms with Crippen molar-refractivity contribution in [3.8, 4) is 5.75 Å². The van der Waals surface area contributed by atoms with Crippen molar-refractivity contribution >= 4 is 17.6 Å². The number of rotatable bonds is 5. The number of aliphatic carboxylic acids is 1. The summed E-state index contributed by atoms with van der Waals surface area (Å²) in [7, 11) is 0. The zero-order chi connectivity index (χ0) is 13.3. The Labute approximate surface area is 107 Å². The molecule has 0 saturated heterocycles. The minimum Gasteiger partial charge on any atom is -0.478 e. The van der Waals surface area contributed by atoms with Gasteiger partial charge in [0, 0.05) is 10.6 Å². The van der Waals surface area contributed by atoms with E-state index in [1.165, 1.54) is 6.07 Å². The highest BCUT2D eigenvalue weighted by atomic mass is 35.5. The molecule has 0 spiro atoms. The van der Waals surface area contributed by atoms with E-state index in [9.17, 15) is 13.6 Å². The number of carboxylic acid groups (broad SMARTS) is 1. The Balaban J connectivity index is 2.33. The summed E-state index contributed by atoms with van der Waals surface area (Å²) in [5.41, 5.74) is 0.514. The first kappa shape index (κ1) is 13.1. The van der Waals surface area contributed by atoms with Gasteiger partial charge in [-0.3, -0.25) is 0 Å². The van der Waals surface area contributed by atoms with Gasteiger partial charge in [0.25, 0.3) is 0 Å². The summed E-state index contributed by atoms with van der Waals surface area (Å²) >= 11 is 5.74. The van der Waals surface area contributed by atoms with E-state index in [2.05, 4.69) is 0 Å². The third kappa shape index (κ3) is 2.72. The van der Waals surface area contributed by atoms with Gasteiger partial charge in [-0.2, -0.15) is 0 Å². The fraction of sp³-hybridized carbons (Fsp3) is 0.417. The number of carbonyl (C=O) groups is 1. The molecule has 1 aromatic rings. The van der Waals surface area contributed by atoms with E-state index in [1.807, 2.05) is 0 Å². The molecular formula is C12H11ClF2O3. The van der Waals surface area contributed by atoms with Crippen LogP contribution in [-0.4, -0.2) is 23.9 Å². The zero-order valence-electron chi connectivity index (χ0n) is 9.33. The maximum atomic E-state index is 13.7. The molecule has 0 heterocycles. The fourth-order valence-corrected chi connectivity index (χ4v) is 1.91. The van der Waals surface area contributed by atoms with E-state index >= 15 is 0 Å².